The molecule has 0 spiro atoms. The van der Waals surface area contributed by atoms with Crippen LogP contribution in [0.5, 0.6) is 0 Å². The van der Waals surface area contributed by atoms with Gasteiger partial charge in [-0.15, -0.1) is 0 Å². The quantitative estimate of drug-likeness (QED) is 0.411. The smallest absolute Gasteiger partial charge is 0.264 e. The highest BCUT2D eigenvalue weighted by molar-refractivity contribution is 7.92. The molecule has 3 aromatic carbocycles. The van der Waals surface area contributed by atoms with E-state index in [0.29, 0.717) is 17.8 Å². The molecule has 1 N–H and O–H groups in total. The molecule has 0 aliphatic carbocycles. The average molecular weight is 540 g/mol. The molecular weight excluding hydrogens is 505 g/mol. The summed E-state index contributed by atoms with van der Waals surface area (Å²) in [5.74, 6) is -1.58. The molecule has 0 bridgehead atoms. The van der Waals surface area contributed by atoms with Gasteiger partial charge in [-0.3, -0.25) is 13.9 Å². The van der Waals surface area contributed by atoms with Crippen LogP contribution in [-0.2, 0) is 26.2 Å². The fourth-order valence-corrected chi connectivity index (χ4v) is 5.52. The summed E-state index contributed by atoms with van der Waals surface area (Å²) >= 11 is 0. The monoisotopic (exact) mass is 539 g/mol. The minimum Gasteiger partial charge on any atom is -0.355 e. The Hall–Kier alpha value is -3.72. The molecule has 0 saturated heterocycles. The van der Waals surface area contributed by atoms with Crippen LogP contribution in [0.15, 0.2) is 71.6 Å². The number of nitrogens with one attached hydrogen (secondary N) is 1. The molecule has 0 aliphatic heterocycles. The fourth-order valence-electron chi connectivity index (χ4n) is 4.05. The standard InChI is InChI=1S/C29H34FN3O4S/c1-6-31-29(35)23(5)32(18-24-9-7-8-10-26(24)30)28(34)19-33(27-17-21(3)11-14-22(27)4)38(36,37)25-15-12-20(2)13-16-25/h7-17,23H,6,18-19H2,1-5H3,(H,31,35). The molecule has 0 heterocycles. The Balaban J connectivity index is 2.09. The van der Waals surface area contributed by atoms with Crippen molar-refractivity contribution >= 4 is 27.5 Å². The average Bonchev–Trinajstić information content (AvgIpc) is 2.88. The number of rotatable bonds is 10. The maximum atomic E-state index is 14.5. The molecule has 9 heteroatoms. The Morgan fingerprint density at radius 2 is 1.58 bits per heavy atom. The van der Waals surface area contributed by atoms with Gasteiger partial charge in [0.05, 0.1) is 10.6 Å². The number of likely N-dealkylation sites (N-methyl/N-ethyl adjacent to an activating group) is 1. The van der Waals surface area contributed by atoms with E-state index >= 15 is 0 Å². The zero-order valence-electron chi connectivity index (χ0n) is 22.4. The number of anilines is 1. The van der Waals surface area contributed by atoms with Crippen molar-refractivity contribution in [3.05, 3.63) is 94.8 Å². The number of hydrogen-bond donors (Lipinski definition) is 1. The van der Waals surface area contributed by atoms with Crippen LogP contribution in [0.25, 0.3) is 0 Å². The SMILES string of the molecule is CCNC(=O)C(C)N(Cc1ccccc1F)C(=O)CN(c1cc(C)ccc1C)S(=O)(=O)c1ccc(C)cc1. The third kappa shape index (κ3) is 6.58. The van der Waals surface area contributed by atoms with E-state index in [1.807, 2.05) is 19.9 Å². The van der Waals surface area contributed by atoms with E-state index in [9.17, 15) is 22.4 Å². The van der Waals surface area contributed by atoms with Gasteiger partial charge in [0, 0.05) is 18.7 Å². The predicted molar refractivity (Wildman–Crippen MR) is 147 cm³/mol. The molecule has 202 valence electrons. The molecule has 1 atom stereocenters. The van der Waals surface area contributed by atoms with E-state index in [4.69, 9.17) is 0 Å². The van der Waals surface area contributed by atoms with Crippen molar-refractivity contribution in [3.8, 4) is 0 Å². The lowest BCUT2D eigenvalue weighted by molar-refractivity contribution is -0.139. The molecule has 1 unspecified atom stereocenters. The molecule has 3 aromatic rings. The zero-order valence-corrected chi connectivity index (χ0v) is 23.2. The second-order valence-corrected chi connectivity index (χ2v) is 11.2. The molecule has 7 nitrogen and oxygen atoms in total. The molecule has 0 fully saturated rings. The van der Waals surface area contributed by atoms with Crippen molar-refractivity contribution in [2.45, 2.75) is 52.1 Å². The van der Waals surface area contributed by atoms with Crippen LogP contribution in [0.4, 0.5) is 10.1 Å². The van der Waals surface area contributed by atoms with Gasteiger partial charge >= 0.3 is 0 Å². The van der Waals surface area contributed by atoms with Gasteiger partial charge in [-0.2, -0.15) is 0 Å². The lowest BCUT2D eigenvalue weighted by atomic mass is 10.1. The number of carbonyl (C=O) groups is 2. The summed E-state index contributed by atoms with van der Waals surface area (Å²) in [5.41, 5.74) is 2.95. The largest absolute Gasteiger partial charge is 0.355 e. The number of aryl methyl sites for hydroxylation is 3. The summed E-state index contributed by atoms with van der Waals surface area (Å²) in [6, 6.07) is 16.8. The van der Waals surface area contributed by atoms with Gasteiger partial charge < -0.3 is 10.2 Å². The summed E-state index contributed by atoms with van der Waals surface area (Å²) < 4.78 is 43.4. The molecule has 0 saturated carbocycles. The molecule has 0 aliphatic rings. The van der Waals surface area contributed by atoms with E-state index in [0.717, 1.165) is 15.4 Å². The van der Waals surface area contributed by atoms with Crippen molar-refractivity contribution in [1.82, 2.24) is 10.2 Å². The van der Waals surface area contributed by atoms with Crippen molar-refractivity contribution in [2.24, 2.45) is 0 Å². The molecule has 0 radical (unpaired) electrons. The van der Waals surface area contributed by atoms with Gasteiger partial charge in [0.2, 0.25) is 11.8 Å². The molecule has 0 aromatic heterocycles. The molecule has 38 heavy (non-hydrogen) atoms. The van der Waals surface area contributed by atoms with Gasteiger partial charge in [0.15, 0.2) is 0 Å². The lowest BCUT2D eigenvalue weighted by Crippen LogP contribution is -2.51. The van der Waals surface area contributed by atoms with Crippen LogP contribution in [-0.4, -0.2) is 44.3 Å². The normalized spacial score (nSPS) is 12.1. The van der Waals surface area contributed by atoms with Crippen LogP contribution in [0.3, 0.4) is 0 Å². The highest BCUT2D eigenvalue weighted by Crippen LogP contribution is 2.29. The highest BCUT2D eigenvalue weighted by atomic mass is 32.2. The first kappa shape index (κ1) is 28.8. The second-order valence-electron chi connectivity index (χ2n) is 9.30. The Morgan fingerprint density at radius 1 is 0.947 bits per heavy atom. The number of hydrogen-bond acceptors (Lipinski definition) is 4. The second kappa shape index (κ2) is 12.2. The Labute approximate surface area is 224 Å². The maximum Gasteiger partial charge on any atom is 0.264 e. The molecule has 3 rings (SSSR count). The molecule has 2 amide bonds. The summed E-state index contributed by atoms with van der Waals surface area (Å²) in [5, 5.41) is 2.69. The van der Waals surface area contributed by atoms with Gasteiger partial charge in [0.25, 0.3) is 10.0 Å². The van der Waals surface area contributed by atoms with Crippen molar-refractivity contribution in [1.29, 1.82) is 0 Å². The first-order valence-electron chi connectivity index (χ1n) is 12.4. The van der Waals surface area contributed by atoms with E-state index in [1.54, 1.807) is 51.1 Å². The van der Waals surface area contributed by atoms with Gasteiger partial charge in [0.1, 0.15) is 18.4 Å². The van der Waals surface area contributed by atoms with E-state index < -0.39 is 40.2 Å². The van der Waals surface area contributed by atoms with Crippen LogP contribution in [0.1, 0.15) is 36.1 Å². The third-order valence-corrected chi connectivity index (χ3v) is 8.11. The first-order chi connectivity index (χ1) is 17.9. The van der Waals surface area contributed by atoms with E-state index in [-0.39, 0.29) is 17.0 Å². The predicted octanol–water partition coefficient (Wildman–Crippen LogP) is 4.50. The van der Waals surface area contributed by atoms with Crippen molar-refractivity contribution in [2.75, 3.05) is 17.4 Å². The van der Waals surface area contributed by atoms with Crippen LogP contribution >= 0.6 is 0 Å². The summed E-state index contributed by atoms with van der Waals surface area (Å²) in [6.45, 7) is 8.33. The Morgan fingerprint density at radius 3 is 2.21 bits per heavy atom. The molecular formula is C29H34FN3O4S. The highest BCUT2D eigenvalue weighted by Gasteiger charge is 2.33. The van der Waals surface area contributed by atoms with Crippen LogP contribution < -0.4 is 9.62 Å². The summed E-state index contributed by atoms with van der Waals surface area (Å²) in [7, 11) is -4.16. The van der Waals surface area contributed by atoms with Gasteiger partial charge in [-0.1, -0.05) is 48.0 Å². The maximum absolute atomic E-state index is 14.5. The number of sulfonamides is 1. The Bertz CT molecular complexity index is 1410. The van der Waals surface area contributed by atoms with Gasteiger partial charge in [-0.25, -0.2) is 12.8 Å². The Kier molecular flexibility index (Phi) is 9.27. The van der Waals surface area contributed by atoms with E-state index in [1.165, 1.54) is 35.2 Å². The number of halogens is 1. The van der Waals surface area contributed by atoms with Crippen LogP contribution in [0.2, 0.25) is 0 Å². The lowest BCUT2D eigenvalue weighted by Gasteiger charge is -2.32. The fraction of sp³-hybridized carbons (Fsp3) is 0.310. The van der Waals surface area contributed by atoms with Crippen molar-refractivity contribution < 1.29 is 22.4 Å². The number of amides is 2. The zero-order chi connectivity index (χ0) is 28.0. The first-order valence-corrected chi connectivity index (χ1v) is 13.9. The summed E-state index contributed by atoms with van der Waals surface area (Å²) in [4.78, 5) is 27.8. The van der Waals surface area contributed by atoms with Crippen molar-refractivity contribution in [3.63, 3.8) is 0 Å². The number of nitrogens with zero attached hydrogens (tertiary/aromatic N) is 2. The van der Waals surface area contributed by atoms with E-state index in [2.05, 4.69) is 5.32 Å². The minimum absolute atomic E-state index is 0.0363. The topological polar surface area (TPSA) is 86.8 Å². The van der Waals surface area contributed by atoms with Gasteiger partial charge in [-0.05, 0) is 70.0 Å². The number of benzene rings is 3. The number of carbonyl (C=O) groups excluding carboxylic acids is 2. The van der Waals surface area contributed by atoms with Crippen LogP contribution in [0, 0.1) is 26.6 Å². The summed E-state index contributed by atoms with van der Waals surface area (Å²) in [6.07, 6.45) is 0. The minimum atomic E-state index is -4.16. The third-order valence-electron chi connectivity index (χ3n) is 6.34.